The van der Waals surface area contributed by atoms with Gasteiger partial charge in [0.2, 0.25) is 10.0 Å². The highest BCUT2D eigenvalue weighted by molar-refractivity contribution is 7.89. The molecule has 0 aliphatic rings. The monoisotopic (exact) mass is 486 g/mol. The number of rotatable bonds is 7. The summed E-state index contributed by atoms with van der Waals surface area (Å²) >= 11 is 12.6. The summed E-state index contributed by atoms with van der Waals surface area (Å²) in [4.78, 5) is 0.0638. The van der Waals surface area contributed by atoms with E-state index in [0.717, 1.165) is 27.6 Å². The van der Waals surface area contributed by atoms with Crippen molar-refractivity contribution in [2.45, 2.75) is 18.0 Å². The molecular weight excluding hydrogens is 467 g/mol. The van der Waals surface area contributed by atoms with Gasteiger partial charge in [-0.3, -0.25) is 0 Å². The molecule has 0 heterocycles. The minimum atomic E-state index is -3.73. The van der Waals surface area contributed by atoms with Gasteiger partial charge in [-0.15, -0.1) is 0 Å². The minimum absolute atomic E-state index is 0.0638. The molecule has 0 saturated carbocycles. The molecule has 0 fully saturated rings. The number of ether oxygens (including phenoxy) is 1. The molecule has 3 N–H and O–H groups in total. The van der Waals surface area contributed by atoms with E-state index in [9.17, 15) is 8.42 Å². The standard InChI is InChI=1S/C24H20Cl2N2O3S/c25-22-6-3-7-23(26)21(22)15-31-24-13-8-16-4-1-2-5-19(16)20(24)14-28-17-9-11-18(12-10-17)32(27,29)30/h1-13,28H,14-15H2,(H2,27,29,30). The van der Waals surface area contributed by atoms with Crippen LogP contribution in [-0.2, 0) is 23.2 Å². The van der Waals surface area contributed by atoms with Crippen LogP contribution in [0.2, 0.25) is 10.0 Å². The van der Waals surface area contributed by atoms with Crippen LogP contribution in [-0.4, -0.2) is 8.42 Å². The van der Waals surface area contributed by atoms with Crippen LogP contribution in [0.5, 0.6) is 5.75 Å². The van der Waals surface area contributed by atoms with Crippen LogP contribution in [0.15, 0.2) is 83.8 Å². The largest absolute Gasteiger partial charge is 0.488 e. The number of nitrogens with one attached hydrogen (secondary N) is 1. The Kier molecular flexibility index (Phi) is 6.58. The average molecular weight is 487 g/mol. The van der Waals surface area contributed by atoms with E-state index in [4.69, 9.17) is 33.1 Å². The van der Waals surface area contributed by atoms with Gasteiger partial charge in [-0.05, 0) is 53.2 Å². The summed E-state index contributed by atoms with van der Waals surface area (Å²) in [6.45, 7) is 0.689. The number of halogens is 2. The highest BCUT2D eigenvalue weighted by atomic mass is 35.5. The van der Waals surface area contributed by atoms with Crippen molar-refractivity contribution in [3.63, 3.8) is 0 Å². The van der Waals surface area contributed by atoms with E-state index in [1.165, 1.54) is 12.1 Å². The lowest BCUT2D eigenvalue weighted by molar-refractivity contribution is 0.304. The first-order chi connectivity index (χ1) is 15.3. The van der Waals surface area contributed by atoms with Crippen molar-refractivity contribution < 1.29 is 13.2 Å². The van der Waals surface area contributed by atoms with Crippen molar-refractivity contribution in [1.82, 2.24) is 0 Å². The van der Waals surface area contributed by atoms with Gasteiger partial charge in [0.05, 0.1) is 4.90 Å². The molecule has 0 aromatic heterocycles. The first-order valence-electron chi connectivity index (χ1n) is 9.76. The topological polar surface area (TPSA) is 81.4 Å². The Balaban J connectivity index is 1.62. The molecule has 32 heavy (non-hydrogen) atoms. The molecule has 0 saturated heterocycles. The number of primary sulfonamides is 1. The summed E-state index contributed by atoms with van der Waals surface area (Å²) in [7, 11) is -3.73. The fourth-order valence-corrected chi connectivity index (χ4v) is 4.43. The zero-order chi connectivity index (χ0) is 22.7. The smallest absolute Gasteiger partial charge is 0.238 e. The maximum absolute atomic E-state index is 11.5. The summed E-state index contributed by atoms with van der Waals surface area (Å²) in [5.41, 5.74) is 2.44. The van der Waals surface area contributed by atoms with E-state index < -0.39 is 10.0 Å². The van der Waals surface area contributed by atoms with Crippen LogP contribution in [0.25, 0.3) is 10.8 Å². The van der Waals surface area contributed by atoms with Crippen LogP contribution in [0.4, 0.5) is 5.69 Å². The van der Waals surface area contributed by atoms with Crippen LogP contribution in [0.3, 0.4) is 0 Å². The molecule has 5 nitrogen and oxygen atoms in total. The van der Waals surface area contributed by atoms with E-state index in [1.807, 2.05) is 36.4 Å². The molecule has 0 unspecified atom stereocenters. The van der Waals surface area contributed by atoms with Crippen molar-refractivity contribution in [2.24, 2.45) is 5.14 Å². The molecule has 4 rings (SSSR count). The van der Waals surface area contributed by atoms with Gasteiger partial charge in [0, 0.05) is 33.4 Å². The van der Waals surface area contributed by atoms with Crippen molar-refractivity contribution in [2.75, 3.05) is 5.32 Å². The quantitative estimate of drug-likeness (QED) is 0.336. The molecule has 8 heteroatoms. The van der Waals surface area contributed by atoms with Gasteiger partial charge in [0.1, 0.15) is 12.4 Å². The van der Waals surface area contributed by atoms with Crippen LogP contribution >= 0.6 is 23.2 Å². The SMILES string of the molecule is NS(=O)(=O)c1ccc(NCc2c(OCc3c(Cl)cccc3Cl)ccc3ccccc23)cc1. The summed E-state index contributed by atoms with van der Waals surface area (Å²) in [6.07, 6.45) is 0. The third kappa shape index (κ3) is 5.00. The Hall–Kier alpha value is -2.77. The number of fused-ring (bicyclic) bond motifs is 1. The van der Waals surface area contributed by atoms with Crippen molar-refractivity contribution in [1.29, 1.82) is 0 Å². The molecular formula is C24H20Cl2N2O3S. The average Bonchev–Trinajstić information content (AvgIpc) is 2.77. The maximum atomic E-state index is 11.5. The molecule has 4 aromatic carbocycles. The van der Waals surface area contributed by atoms with E-state index in [-0.39, 0.29) is 11.5 Å². The number of hydrogen-bond donors (Lipinski definition) is 2. The highest BCUT2D eigenvalue weighted by Gasteiger charge is 2.12. The second-order valence-electron chi connectivity index (χ2n) is 7.18. The lowest BCUT2D eigenvalue weighted by atomic mass is 10.0. The van der Waals surface area contributed by atoms with Gasteiger partial charge in [-0.1, -0.05) is 59.6 Å². The zero-order valence-corrected chi connectivity index (χ0v) is 19.2. The summed E-state index contributed by atoms with van der Waals surface area (Å²) in [6, 6.07) is 23.6. The second kappa shape index (κ2) is 9.38. The summed E-state index contributed by atoms with van der Waals surface area (Å²) in [5, 5.41) is 11.7. The van der Waals surface area contributed by atoms with Gasteiger partial charge in [-0.2, -0.15) is 0 Å². The fraction of sp³-hybridized carbons (Fsp3) is 0.0833. The van der Waals surface area contributed by atoms with Crippen LogP contribution < -0.4 is 15.2 Å². The molecule has 0 atom stereocenters. The number of anilines is 1. The van der Waals surface area contributed by atoms with Crippen molar-refractivity contribution in [3.8, 4) is 5.75 Å². The Bertz CT molecular complexity index is 1350. The molecule has 4 aromatic rings. The Labute approximate surface area is 196 Å². The summed E-state index contributed by atoms with van der Waals surface area (Å²) < 4.78 is 29.1. The van der Waals surface area contributed by atoms with Crippen LogP contribution in [0, 0.1) is 0 Å². The molecule has 0 bridgehead atoms. The number of benzene rings is 4. The first-order valence-corrected chi connectivity index (χ1v) is 12.1. The van der Waals surface area contributed by atoms with Gasteiger partial charge in [-0.25, -0.2) is 13.6 Å². The number of nitrogens with two attached hydrogens (primary N) is 1. The van der Waals surface area contributed by atoms with Crippen molar-refractivity contribution in [3.05, 3.63) is 100 Å². The number of hydrogen-bond acceptors (Lipinski definition) is 4. The predicted octanol–water partition coefficient (Wildman–Crippen LogP) is 5.99. The molecule has 0 radical (unpaired) electrons. The highest BCUT2D eigenvalue weighted by Crippen LogP contribution is 2.31. The third-order valence-corrected chi connectivity index (χ3v) is 6.72. The number of sulfonamides is 1. The van der Waals surface area contributed by atoms with Crippen LogP contribution in [0.1, 0.15) is 11.1 Å². The second-order valence-corrected chi connectivity index (χ2v) is 9.55. The van der Waals surface area contributed by atoms with E-state index in [1.54, 1.807) is 30.3 Å². The molecule has 0 aliphatic carbocycles. The van der Waals surface area contributed by atoms with E-state index >= 15 is 0 Å². The van der Waals surface area contributed by atoms with Crippen molar-refractivity contribution >= 4 is 49.7 Å². The van der Waals surface area contributed by atoms with Gasteiger partial charge in [0.25, 0.3) is 0 Å². The zero-order valence-electron chi connectivity index (χ0n) is 16.9. The lowest BCUT2D eigenvalue weighted by Crippen LogP contribution is -2.12. The Morgan fingerprint density at radius 2 is 1.50 bits per heavy atom. The Morgan fingerprint density at radius 1 is 0.812 bits per heavy atom. The minimum Gasteiger partial charge on any atom is -0.488 e. The predicted molar refractivity (Wildman–Crippen MR) is 130 cm³/mol. The molecule has 0 amide bonds. The summed E-state index contributed by atoms with van der Waals surface area (Å²) in [5.74, 6) is 0.702. The lowest BCUT2D eigenvalue weighted by Gasteiger charge is -2.17. The maximum Gasteiger partial charge on any atom is 0.238 e. The van der Waals surface area contributed by atoms with Gasteiger partial charge in [0.15, 0.2) is 0 Å². The van der Waals surface area contributed by atoms with E-state index in [2.05, 4.69) is 5.32 Å². The normalized spacial score (nSPS) is 11.5. The fourth-order valence-electron chi connectivity index (χ4n) is 3.41. The van der Waals surface area contributed by atoms with Gasteiger partial charge >= 0.3 is 0 Å². The van der Waals surface area contributed by atoms with E-state index in [0.29, 0.717) is 22.3 Å². The first kappa shape index (κ1) is 22.4. The Morgan fingerprint density at radius 3 is 2.19 bits per heavy atom. The molecule has 0 spiro atoms. The third-order valence-electron chi connectivity index (χ3n) is 5.08. The molecule has 0 aliphatic heterocycles. The molecule has 164 valence electrons. The van der Waals surface area contributed by atoms with Gasteiger partial charge < -0.3 is 10.1 Å².